The minimum atomic E-state index is -0.411. The van der Waals surface area contributed by atoms with Gasteiger partial charge in [-0.05, 0) is 57.0 Å². The lowest BCUT2D eigenvalue weighted by Gasteiger charge is -2.50. The van der Waals surface area contributed by atoms with Crippen LogP contribution in [0.15, 0.2) is 18.2 Å². The first-order valence-corrected chi connectivity index (χ1v) is 9.51. The number of rotatable bonds is 3. The van der Waals surface area contributed by atoms with Gasteiger partial charge in [0, 0.05) is 35.2 Å². The molecule has 2 aromatic rings. The van der Waals surface area contributed by atoms with Crippen LogP contribution in [0.4, 0.5) is 0 Å². The number of ether oxygens (including phenoxy) is 1. The van der Waals surface area contributed by atoms with Crippen molar-refractivity contribution >= 4 is 28.5 Å². The lowest BCUT2D eigenvalue weighted by atomic mass is 9.61. The SMILES string of the molecule is CCOC(=O)C1(C2c3c(c4cc(Cl)ccc4n3C)CCN2C)CCC1. The molecular formula is C20H25ClN2O2. The van der Waals surface area contributed by atoms with E-state index in [1.54, 1.807) is 0 Å². The van der Waals surface area contributed by atoms with Crippen LogP contribution < -0.4 is 0 Å². The van der Waals surface area contributed by atoms with Crippen molar-refractivity contribution in [1.29, 1.82) is 0 Å². The number of benzene rings is 1. The quantitative estimate of drug-likeness (QED) is 0.773. The Bertz CT molecular complexity index is 838. The number of hydrogen-bond donors (Lipinski definition) is 0. The average Bonchev–Trinajstić information content (AvgIpc) is 2.81. The third kappa shape index (κ3) is 2.34. The van der Waals surface area contributed by atoms with Crippen molar-refractivity contribution in [2.24, 2.45) is 12.5 Å². The van der Waals surface area contributed by atoms with Crippen LogP contribution in [0.2, 0.25) is 5.02 Å². The number of aryl methyl sites for hydroxylation is 1. The highest BCUT2D eigenvalue weighted by molar-refractivity contribution is 6.31. The smallest absolute Gasteiger partial charge is 0.314 e. The summed E-state index contributed by atoms with van der Waals surface area (Å²) in [7, 11) is 4.25. The fourth-order valence-electron chi connectivity index (χ4n) is 4.86. The second-order valence-electron chi connectivity index (χ2n) is 7.45. The lowest BCUT2D eigenvalue weighted by molar-refractivity contribution is -0.168. The van der Waals surface area contributed by atoms with Crippen molar-refractivity contribution in [3.63, 3.8) is 0 Å². The first-order valence-electron chi connectivity index (χ1n) is 9.14. The summed E-state index contributed by atoms with van der Waals surface area (Å²) in [4.78, 5) is 15.2. The molecule has 0 N–H and O–H groups in total. The number of nitrogens with zero attached hydrogens (tertiary/aromatic N) is 2. The highest BCUT2D eigenvalue weighted by atomic mass is 35.5. The molecule has 1 aliphatic heterocycles. The van der Waals surface area contributed by atoms with Gasteiger partial charge in [0.1, 0.15) is 0 Å². The highest BCUT2D eigenvalue weighted by Gasteiger charge is 2.55. The van der Waals surface area contributed by atoms with E-state index in [2.05, 4.69) is 35.7 Å². The van der Waals surface area contributed by atoms with Crippen molar-refractivity contribution in [2.75, 3.05) is 20.2 Å². The van der Waals surface area contributed by atoms with Gasteiger partial charge in [0.05, 0.1) is 18.1 Å². The Kier molecular flexibility index (Phi) is 4.08. The standard InChI is InChI=1S/C20H25ClN2O2/c1-4-25-19(24)20(9-5-10-20)18-17-14(8-11-22(18)2)15-12-13(21)6-7-16(15)23(17)3/h6-7,12,18H,4-5,8-11H2,1-3H3. The van der Waals surface area contributed by atoms with E-state index in [4.69, 9.17) is 16.3 Å². The number of aromatic nitrogens is 1. The van der Waals surface area contributed by atoms with Gasteiger partial charge in [-0.2, -0.15) is 0 Å². The molecule has 1 fully saturated rings. The molecule has 0 saturated heterocycles. The number of carbonyl (C=O) groups is 1. The zero-order valence-corrected chi connectivity index (χ0v) is 15.9. The molecule has 4 rings (SSSR count). The summed E-state index contributed by atoms with van der Waals surface area (Å²) >= 11 is 6.26. The van der Waals surface area contributed by atoms with Crippen LogP contribution in [0, 0.1) is 5.41 Å². The maximum absolute atomic E-state index is 12.9. The molecule has 5 heteroatoms. The largest absolute Gasteiger partial charge is 0.466 e. The number of esters is 1. The molecule has 1 aromatic carbocycles. The Morgan fingerprint density at radius 3 is 2.76 bits per heavy atom. The Balaban J connectivity index is 1.91. The topological polar surface area (TPSA) is 34.5 Å². The molecule has 1 aliphatic carbocycles. The van der Waals surface area contributed by atoms with Gasteiger partial charge in [-0.15, -0.1) is 0 Å². The number of fused-ring (bicyclic) bond motifs is 3. The van der Waals surface area contributed by atoms with E-state index in [0.29, 0.717) is 6.61 Å². The fraction of sp³-hybridized carbons (Fsp3) is 0.550. The maximum Gasteiger partial charge on any atom is 0.314 e. The van der Waals surface area contributed by atoms with Crippen LogP contribution >= 0.6 is 11.6 Å². The molecule has 0 spiro atoms. The summed E-state index contributed by atoms with van der Waals surface area (Å²) < 4.78 is 7.77. The predicted octanol–water partition coefficient (Wildman–Crippen LogP) is 4.09. The van der Waals surface area contributed by atoms with Crippen molar-refractivity contribution in [2.45, 2.75) is 38.6 Å². The summed E-state index contributed by atoms with van der Waals surface area (Å²) in [5.41, 5.74) is 3.39. The summed E-state index contributed by atoms with van der Waals surface area (Å²) in [5, 5.41) is 1.99. The molecule has 1 atom stereocenters. The van der Waals surface area contributed by atoms with Gasteiger partial charge < -0.3 is 9.30 Å². The molecule has 0 amide bonds. The second kappa shape index (κ2) is 6.03. The molecule has 0 radical (unpaired) electrons. The number of carbonyl (C=O) groups excluding carboxylic acids is 1. The van der Waals surface area contributed by atoms with E-state index in [-0.39, 0.29) is 12.0 Å². The Morgan fingerprint density at radius 1 is 1.36 bits per heavy atom. The van der Waals surface area contributed by atoms with Crippen LogP contribution in [0.3, 0.4) is 0 Å². The minimum Gasteiger partial charge on any atom is -0.466 e. The zero-order chi connectivity index (χ0) is 17.8. The van der Waals surface area contributed by atoms with Gasteiger partial charge >= 0.3 is 5.97 Å². The molecule has 1 aromatic heterocycles. The van der Waals surface area contributed by atoms with Crippen molar-refractivity contribution in [1.82, 2.24) is 9.47 Å². The van der Waals surface area contributed by atoms with E-state index in [9.17, 15) is 4.79 Å². The van der Waals surface area contributed by atoms with E-state index < -0.39 is 5.41 Å². The van der Waals surface area contributed by atoms with Gasteiger partial charge in [0.2, 0.25) is 0 Å². The zero-order valence-electron chi connectivity index (χ0n) is 15.1. The molecular weight excluding hydrogens is 336 g/mol. The van der Waals surface area contributed by atoms with Crippen LogP contribution in [0.25, 0.3) is 10.9 Å². The predicted molar refractivity (Wildman–Crippen MR) is 99.9 cm³/mol. The van der Waals surface area contributed by atoms with E-state index in [1.807, 2.05) is 13.0 Å². The molecule has 134 valence electrons. The van der Waals surface area contributed by atoms with Crippen molar-refractivity contribution in [3.8, 4) is 0 Å². The second-order valence-corrected chi connectivity index (χ2v) is 7.88. The van der Waals surface area contributed by atoms with Gasteiger partial charge in [-0.3, -0.25) is 9.69 Å². The molecule has 0 bridgehead atoms. The first kappa shape index (κ1) is 16.9. The first-order chi connectivity index (χ1) is 12.0. The van der Waals surface area contributed by atoms with Gasteiger partial charge in [0.15, 0.2) is 0 Å². The van der Waals surface area contributed by atoms with Crippen LogP contribution in [0.5, 0.6) is 0 Å². The summed E-state index contributed by atoms with van der Waals surface area (Å²) in [6, 6.07) is 6.17. The Morgan fingerprint density at radius 2 is 2.12 bits per heavy atom. The van der Waals surface area contributed by atoms with E-state index in [1.165, 1.54) is 22.2 Å². The third-order valence-corrected chi connectivity index (χ3v) is 6.42. The van der Waals surface area contributed by atoms with Gasteiger partial charge in [-0.25, -0.2) is 0 Å². The molecule has 25 heavy (non-hydrogen) atoms. The number of halogens is 1. The van der Waals surface area contributed by atoms with Crippen LogP contribution in [-0.4, -0.2) is 35.6 Å². The van der Waals surface area contributed by atoms with Crippen LogP contribution in [0.1, 0.15) is 43.5 Å². The molecule has 4 nitrogen and oxygen atoms in total. The van der Waals surface area contributed by atoms with Crippen LogP contribution in [-0.2, 0) is 23.0 Å². The summed E-state index contributed by atoms with van der Waals surface area (Å²) in [5.74, 6) is -0.0331. The normalized spacial score (nSPS) is 22.5. The van der Waals surface area contributed by atoms with Crippen molar-refractivity contribution < 1.29 is 9.53 Å². The molecule has 1 unspecified atom stereocenters. The third-order valence-electron chi connectivity index (χ3n) is 6.18. The summed E-state index contributed by atoms with van der Waals surface area (Å²) in [6.07, 6.45) is 3.89. The van der Waals surface area contributed by atoms with E-state index >= 15 is 0 Å². The minimum absolute atomic E-state index is 0.0331. The van der Waals surface area contributed by atoms with Gasteiger partial charge in [-0.1, -0.05) is 18.0 Å². The average molecular weight is 361 g/mol. The van der Waals surface area contributed by atoms with Gasteiger partial charge in [0.25, 0.3) is 0 Å². The van der Waals surface area contributed by atoms with Crippen molar-refractivity contribution in [3.05, 3.63) is 34.5 Å². The molecule has 2 aliphatic rings. The summed E-state index contributed by atoms with van der Waals surface area (Å²) in [6.45, 7) is 3.28. The maximum atomic E-state index is 12.9. The lowest BCUT2D eigenvalue weighted by Crippen LogP contribution is -2.52. The molecule has 1 saturated carbocycles. The Hall–Kier alpha value is -1.52. The van der Waals surface area contributed by atoms with E-state index in [0.717, 1.165) is 37.3 Å². The molecule has 2 heterocycles. The Labute approximate surface area is 153 Å². The monoisotopic (exact) mass is 360 g/mol. The number of likely N-dealkylation sites (N-methyl/N-ethyl adjacent to an activating group) is 1. The fourth-order valence-corrected chi connectivity index (χ4v) is 5.03. The highest BCUT2D eigenvalue weighted by Crippen LogP contribution is 2.56. The number of hydrogen-bond acceptors (Lipinski definition) is 3.